The monoisotopic (exact) mass is 444 g/mol. The summed E-state index contributed by atoms with van der Waals surface area (Å²) in [5.74, 6) is 1.21. The number of rotatable bonds is 4. The average molecular weight is 445 g/mol. The highest BCUT2D eigenvalue weighted by molar-refractivity contribution is 9.10. The molecule has 1 aliphatic rings. The summed E-state index contributed by atoms with van der Waals surface area (Å²) in [5, 5.41) is 1.20. The highest BCUT2D eigenvalue weighted by Gasteiger charge is 2.29. The van der Waals surface area contributed by atoms with E-state index in [0.717, 1.165) is 35.9 Å². The Morgan fingerprint density at radius 2 is 1.89 bits per heavy atom. The SMILES string of the molecule is CC(Oc1ccc(Br)cc1)C(=O)N1CCC(c2nc3ccccc3s2)CC1. The number of aromatic nitrogens is 1. The third-order valence-corrected chi connectivity index (χ3v) is 6.67. The zero-order chi connectivity index (χ0) is 18.8. The number of likely N-dealkylation sites (tertiary alicyclic amines) is 1. The van der Waals surface area contributed by atoms with Gasteiger partial charge in [-0.05, 0) is 56.2 Å². The molecule has 0 aliphatic carbocycles. The number of amides is 1. The summed E-state index contributed by atoms with van der Waals surface area (Å²) >= 11 is 5.18. The molecular weight excluding hydrogens is 424 g/mol. The van der Waals surface area contributed by atoms with Crippen LogP contribution < -0.4 is 4.74 Å². The molecular formula is C21H21BrN2O2S. The lowest BCUT2D eigenvalue weighted by molar-refractivity contribution is -0.139. The van der Waals surface area contributed by atoms with Crippen molar-refractivity contribution in [2.24, 2.45) is 0 Å². The van der Waals surface area contributed by atoms with Gasteiger partial charge in [0.05, 0.1) is 15.2 Å². The van der Waals surface area contributed by atoms with Gasteiger partial charge in [-0.2, -0.15) is 0 Å². The van der Waals surface area contributed by atoms with Gasteiger partial charge in [-0.1, -0.05) is 28.1 Å². The molecule has 6 heteroatoms. The molecule has 0 N–H and O–H groups in total. The molecule has 2 heterocycles. The predicted molar refractivity (Wildman–Crippen MR) is 112 cm³/mol. The van der Waals surface area contributed by atoms with Crippen LogP contribution in [0.5, 0.6) is 5.75 Å². The van der Waals surface area contributed by atoms with Crippen molar-refractivity contribution in [1.82, 2.24) is 9.88 Å². The molecule has 1 fully saturated rings. The summed E-state index contributed by atoms with van der Waals surface area (Å²) in [6.45, 7) is 3.34. The molecule has 140 valence electrons. The van der Waals surface area contributed by atoms with E-state index >= 15 is 0 Å². The van der Waals surface area contributed by atoms with Crippen LogP contribution in [0.1, 0.15) is 30.7 Å². The third kappa shape index (κ3) is 4.17. The van der Waals surface area contributed by atoms with Crippen molar-refractivity contribution in [2.75, 3.05) is 13.1 Å². The van der Waals surface area contributed by atoms with Gasteiger partial charge >= 0.3 is 0 Å². The van der Waals surface area contributed by atoms with E-state index in [2.05, 4.69) is 34.1 Å². The zero-order valence-electron chi connectivity index (χ0n) is 15.1. The molecule has 1 unspecified atom stereocenters. The van der Waals surface area contributed by atoms with Crippen LogP contribution in [0.25, 0.3) is 10.2 Å². The molecule has 1 atom stereocenters. The Balaban J connectivity index is 1.35. The van der Waals surface area contributed by atoms with Crippen molar-refractivity contribution in [3.8, 4) is 5.75 Å². The van der Waals surface area contributed by atoms with Crippen LogP contribution in [0.4, 0.5) is 0 Å². The fraction of sp³-hybridized carbons (Fsp3) is 0.333. The molecule has 1 amide bonds. The van der Waals surface area contributed by atoms with Crippen molar-refractivity contribution in [3.05, 3.63) is 58.0 Å². The van der Waals surface area contributed by atoms with Crippen LogP contribution in [0.3, 0.4) is 0 Å². The lowest BCUT2D eigenvalue weighted by atomic mass is 9.97. The predicted octanol–water partition coefficient (Wildman–Crippen LogP) is 5.23. The maximum atomic E-state index is 12.7. The van der Waals surface area contributed by atoms with E-state index in [4.69, 9.17) is 9.72 Å². The van der Waals surface area contributed by atoms with E-state index in [9.17, 15) is 4.79 Å². The second kappa shape index (κ2) is 7.98. The summed E-state index contributed by atoms with van der Waals surface area (Å²) in [6.07, 6.45) is 1.43. The van der Waals surface area contributed by atoms with Crippen LogP contribution in [0.2, 0.25) is 0 Å². The highest BCUT2D eigenvalue weighted by Crippen LogP contribution is 2.34. The molecule has 0 radical (unpaired) electrons. The largest absolute Gasteiger partial charge is 0.481 e. The van der Waals surface area contributed by atoms with Gasteiger partial charge in [0.1, 0.15) is 5.75 Å². The number of nitrogens with zero attached hydrogens (tertiary/aromatic N) is 2. The number of hydrogen-bond donors (Lipinski definition) is 0. The van der Waals surface area contributed by atoms with Gasteiger partial charge in [-0.15, -0.1) is 11.3 Å². The normalized spacial score (nSPS) is 16.4. The van der Waals surface area contributed by atoms with E-state index in [1.165, 1.54) is 9.71 Å². The maximum Gasteiger partial charge on any atom is 0.263 e. The molecule has 0 saturated carbocycles. The van der Waals surface area contributed by atoms with E-state index < -0.39 is 6.10 Å². The minimum Gasteiger partial charge on any atom is -0.481 e. The van der Waals surface area contributed by atoms with Crippen molar-refractivity contribution in [3.63, 3.8) is 0 Å². The van der Waals surface area contributed by atoms with E-state index in [1.54, 1.807) is 11.3 Å². The maximum absolute atomic E-state index is 12.7. The minimum absolute atomic E-state index is 0.0562. The van der Waals surface area contributed by atoms with E-state index in [-0.39, 0.29) is 5.91 Å². The lowest BCUT2D eigenvalue weighted by Crippen LogP contribution is -2.44. The number of fused-ring (bicyclic) bond motifs is 1. The Hall–Kier alpha value is -1.92. The first kappa shape index (κ1) is 18.4. The Labute approximate surface area is 171 Å². The highest BCUT2D eigenvalue weighted by atomic mass is 79.9. The number of halogens is 1. The second-order valence-corrected chi connectivity index (χ2v) is 8.81. The number of carbonyl (C=O) groups excluding carboxylic acids is 1. The van der Waals surface area contributed by atoms with Crippen LogP contribution in [-0.2, 0) is 4.79 Å². The number of hydrogen-bond acceptors (Lipinski definition) is 4. The van der Waals surface area contributed by atoms with Gasteiger partial charge in [0.25, 0.3) is 5.91 Å². The number of para-hydroxylation sites is 1. The molecule has 4 nitrogen and oxygen atoms in total. The quantitative estimate of drug-likeness (QED) is 0.552. The summed E-state index contributed by atoms with van der Waals surface area (Å²) < 4.78 is 8.04. The van der Waals surface area contributed by atoms with Crippen LogP contribution in [-0.4, -0.2) is 35.0 Å². The molecule has 1 aliphatic heterocycles. The molecule has 3 aromatic rings. The smallest absolute Gasteiger partial charge is 0.263 e. The molecule has 1 aromatic heterocycles. The van der Waals surface area contributed by atoms with Gasteiger partial charge in [0, 0.05) is 23.5 Å². The molecule has 2 aromatic carbocycles. The zero-order valence-corrected chi connectivity index (χ0v) is 17.5. The first-order valence-corrected chi connectivity index (χ1v) is 10.8. The Kier molecular flexibility index (Phi) is 5.45. The van der Waals surface area contributed by atoms with Gasteiger partial charge in [0.15, 0.2) is 6.10 Å². The fourth-order valence-electron chi connectivity index (χ4n) is 3.44. The third-order valence-electron chi connectivity index (χ3n) is 4.94. The van der Waals surface area contributed by atoms with Gasteiger partial charge in [-0.25, -0.2) is 4.98 Å². The topological polar surface area (TPSA) is 42.4 Å². The van der Waals surface area contributed by atoms with Crippen LogP contribution >= 0.6 is 27.3 Å². The number of carbonyl (C=O) groups is 1. The van der Waals surface area contributed by atoms with Crippen LogP contribution in [0.15, 0.2) is 53.0 Å². The first-order valence-electron chi connectivity index (χ1n) is 9.16. The standard InChI is InChI=1S/C21H21BrN2O2S/c1-14(26-17-8-6-16(22)7-9-17)21(25)24-12-10-15(11-13-24)20-23-18-4-2-3-5-19(18)27-20/h2-9,14-15H,10-13H2,1H3. The number of piperidine rings is 1. The Morgan fingerprint density at radius 3 is 2.59 bits per heavy atom. The average Bonchev–Trinajstić information content (AvgIpc) is 3.13. The molecule has 27 heavy (non-hydrogen) atoms. The number of thiazole rings is 1. The van der Waals surface area contributed by atoms with Crippen molar-refractivity contribution in [1.29, 1.82) is 0 Å². The van der Waals surface area contributed by atoms with Crippen LogP contribution in [0, 0.1) is 0 Å². The second-order valence-electron chi connectivity index (χ2n) is 6.83. The van der Waals surface area contributed by atoms with Gasteiger partial charge in [0.2, 0.25) is 0 Å². The summed E-state index contributed by atoms with van der Waals surface area (Å²) in [6, 6.07) is 15.8. The Bertz CT molecular complexity index is 900. The molecule has 0 spiro atoms. The Morgan fingerprint density at radius 1 is 1.19 bits per heavy atom. The number of benzene rings is 2. The van der Waals surface area contributed by atoms with E-state index in [0.29, 0.717) is 11.7 Å². The van der Waals surface area contributed by atoms with Gasteiger partial charge in [-0.3, -0.25) is 4.79 Å². The molecule has 0 bridgehead atoms. The summed E-state index contributed by atoms with van der Waals surface area (Å²) in [7, 11) is 0. The summed E-state index contributed by atoms with van der Waals surface area (Å²) in [4.78, 5) is 19.4. The number of ether oxygens (including phenoxy) is 1. The molecule has 1 saturated heterocycles. The lowest BCUT2D eigenvalue weighted by Gasteiger charge is -2.32. The summed E-state index contributed by atoms with van der Waals surface area (Å²) in [5.41, 5.74) is 1.08. The fourth-order valence-corrected chi connectivity index (χ4v) is 4.84. The van der Waals surface area contributed by atoms with E-state index in [1.807, 2.05) is 42.2 Å². The first-order chi connectivity index (χ1) is 13.1. The minimum atomic E-state index is -0.481. The van der Waals surface area contributed by atoms with Crippen molar-refractivity contribution in [2.45, 2.75) is 31.8 Å². The van der Waals surface area contributed by atoms with Crippen molar-refractivity contribution < 1.29 is 9.53 Å². The van der Waals surface area contributed by atoms with Crippen molar-refractivity contribution >= 4 is 43.4 Å². The molecule has 4 rings (SSSR count). The van der Waals surface area contributed by atoms with Gasteiger partial charge < -0.3 is 9.64 Å².